The van der Waals surface area contributed by atoms with Crippen molar-refractivity contribution in [3.63, 3.8) is 0 Å². The van der Waals surface area contributed by atoms with Crippen LogP contribution in [0.5, 0.6) is 0 Å². The van der Waals surface area contributed by atoms with Gasteiger partial charge >= 0.3 is 5.97 Å². The average molecular weight is 430 g/mol. The maximum Gasteiger partial charge on any atom is 0.341 e. The van der Waals surface area contributed by atoms with Crippen LogP contribution in [0.1, 0.15) is 64.6 Å². The first kappa shape index (κ1) is 22.9. The molecule has 1 aliphatic rings. The van der Waals surface area contributed by atoms with Gasteiger partial charge in [0.2, 0.25) is 0 Å². The van der Waals surface area contributed by atoms with Gasteiger partial charge in [0.1, 0.15) is 11.5 Å². The summed E-state index contributed by atoms with van der Waals surface area (Å²) in [7, 11) is 0. The van der Waals surface area contributed by atoms with Gasteiger partial charge in [0.15, 0.2) is 0 Å². The van der Waals surface area contributed by atoms with Crippen LogP contribution in [0.3, 0.4) is 0 Å². The van der Waals surface area contributed by atoms with Crippen molar-refractivity contribution >= 4 is 11.9 Å². The van der Waals surface area contributed by atoms with Crippen LogP contribution in [-0.2, 0) is 28.9 Å². The quantitative estimate of drug-likeness (QED) is 0.701. The van der Waals surface area contributed by atoms with Gasteiger partial charge < -0.3 is 14.8 Å². The number of nitrogens with zero attached hydrogens (tertiary/aromatic N) is 4. The van der Waals surface area contributed by atoms with E-state index in [2.05, 4.69) is 15.3 Å². The molecule has 168 valence electrons. The normalized spacial score (nSPS) is 16.0. The molecule has 0 saturated heterocycles. The van der Waals surface area contributed by atoms with Crippen molar-refractivity contribution in [2.45, 2.75) is 53.0 Å². The predicted octanol–water partition coefficient (Wildman–Crippen LogP) is 2.12. The van der Waals surface area contributed by atoms with Gasteiger partial charge in [-0.3, -0.25) is 9.48 Å². The molecule has 1 N–H and O–H groups in total. The highest BCUT2D eigenvalue weighted by Gasteiger charge is 2.24. The Kier molecular flexibility index (Phi) is 8.11. The highest BCUT2D eigenvalue weighted by atomic mass is 16.5. The topological polar surface area (TPSA) is 108 Å². The fourth-order valence-corrected chi connectivity index (χ4v) is 3.56. The summed E-state index contributed by atoms with van der Waals surface area (Å²) >= 11 is 0. The molecule has 0 fully saturated rings. The third kappa shape index (κ3) is 6.10. The second-order valence-electron chi connectivity index (χ2n) is 7.84. The third-order valence-electron chi connectivity index (χ3n) is 5.17. The Morgan fingerprint density at radius 2 is 2.03 bits per heavy atom. The van der Waals surface area contributed by atoms with Gasteiger partial charge in [-0.25, -0.2) is 14.8 Å². The van der Waals surface area contributed by atoms with Gasteiger partial charge in [0.25, 0.3) is 5.91 Å². The summed E-state index contributed by atoms with van der Waals surface area (Å²) in [5, 5.41) is 7.70. The Morgan fingerprint density at radius 3 is 2.77 bits per heavy atom. The van der Waals surface area contributed by atoms with Crippen molar-refractivity contribution in [2.75, 3.05) is 26.4 Å². The molecule has 0 aromatic carbocycles. The number of aromatic nitrogens is 4. The lowest BCUT2D eigenvalue weighted by Crippen LogP contribution is -2.28. The molecule has 1 atom stereocenters. The minimum Gasteiger partial charge on any atom is -0.462 e. The molecule has 0 spiro atoms. The Hall–Kier alpha value is -2.81. The van der Waals surface area contributed by atoms with E-state index in [0.717, 1.165) is 30.5 Å². The summed E-state index contributed by atoms with van der Waals surface area (Å²) in [6, 6.07) is 0. The smallest absolute Gasteiger partial charge is 0.341 e. The minimum absolute atomic E-state index is 0.0390. The maximum absolute atomic E-state index is 12.8. The van der Waals surface area contributed by atoms with E-state index in [9.17, 15) is 9.59 Å². The Bertz CT molecular complexity index is 894. The third-order valence-corrected chi connectivity index (χ3v) is 5.17. The molecular formula is C22H31N5O4. The van der Waals surface area contributed by atoms with E-state index in [4.69, 9.17) is 14.6 Å². The van der Waals surface area contributed by atoms with Crippen molar-refractivity contribution in [3.05, 3.63) is 40.7 Å². The van der Waals surface area contributed by atoms with E-state index < -0.39 is 5.97 Å². The highest BCUT2D eigenvalue weighted by Crippen LogP contribution is 2.21. The number of carbonyl (C=O) groups is 2. The van der Waals surface area contributed by atoms with Gasteiger partial charge in [-0.2, -0.15) is 5.10 Å². The minimum atomic E-state index is -0.443. The predicted molar refractivity (Wildman–Crippen MR) is 114 cm³/mol. The standard InChI is InChI=1S/C22H31N5O4/c1-4-27-20-18(7-5-9-30-10-6-8-23-21(20)28)19(26-27)11-15(2)14-31-22(29)17-12-24-16(3)25-13-17/h12-13,15H,4-11,14H2,1-3H3,(H,23,28)/t15-/m1/s1. The number of hydrogen-bond acceptors (Lipinski definition) is 7. The average Bonchev–Trinajstić information content (AvgIpc) is 3.09. The van der Waals surface area contributed by atoms with E-state index >= 15 is 0 Å². The molecule has 9 heteroatoms. The van der Waals surface area contributed by atoms with Gasteiger partial charge in [-0.1, -0.05) is 6.92 Å². The van der Waals surface area contributed by atoms with Crippen LogP contribution < -0.4 is 5.32 Å². The molecule has 2 aromatic rings. The number of rotatable bonds is 6. The first-order valence-corrected chi connectivity index (χ1v) is 10.9. The molecule has 1 amide bonds. The van der Waals surface area contributed by atoms with Crippen molar-refractivity contribution in [1.29, 1.82) is 0 Å². The van der Waals surface area contributed by atoms with Gasteiger partial charge in [-0.15, -0.1) is 0 Å². The van der Waals surface area contributed by atoms with Crippen LogP contribution in [-0.4, -0.2) is 58.0 Å². The number of aryl methyl sites for hydroxylation is 2. The van der Waals surface area contributed by atoms with Gasteiger partial charge in [0.05, 0.1) is 17.9 Å². The Morgan fingerprint density at radius 1 is 1.29 bits per heavy atom. The number of ether oxygens (including phenoxy) is 2. The van der Waals surface area contributed by atoms with E-state index in [1.807, 2.05) is 13.8 Å². The summed E-state index contributed by atoms with van der Waals surface area (Å²) in [6.07, 6.45) is 5.90. The fourth-order valence-electron chi connectivity index (χ4n) is 3.56. The number of fused-ring (bicyclic) bond motifs is 1. The number of hydrogen-bond donors (Lipinski definition) is 1. The highest BCUT2D eigenvalue weighted by molar-refractivity contribution is 5.94. The molecule has 3 heterocycles. The zero-order valence-electron chi connectivity index (χ0n) is 18.5. The zero-order valence-corrected chi connectivity index (χ0v) is 18.5. The molecule has 0 radical (unpaired) electrons. The van der Waals surface area contributed by atoms with E-state index in [1.165, 1.54) is 12.4 Å². The number of nitrogens with one attached hydrogen (secondary N) is 1. The van der Waals surface area contributed by atoms with Crippen molar-refractivity contribution in [2.24, 2.45) is 5.92 Å². The second kappa shape index (κ2) is 11.0. The molecule has 2 aromatic heterocycles. The monoisotopic (exact) mass is 429 g/mol. The van der Waals surface area contributed by atoms with Crippen LogP contribution in [0.25, 0.3) is 0 Å². The molecule has 31 heavy (non-hydrogen) atoms. The fraction of sp³-hybridized carbons (Fsp3) is 0.591. The molecule has 0 saturated carbocycles. The van der Waals surface area contributed by atoms with Crippen LogP contribution in [0.2, 0.25) is 0 Å². The molecule has 0 bridgehead atoms. The largest absolute Gasteiger partial charge is 0.462 e. The number of amides is 1. The summed E-state index contributed by atoms with van der Waals surface area (Å²) in [4.78, 5) is 33.1. The molecule has 0 unspecified atom stereocenters. The summed E-state index contributed by atoms with van der Waals surface area (Å²) in [5.74, 6) is 0.111. The zero-order chi connectivity index (χ0) is 22.2. The van der Waals surface area contributed by atoms with Crippen LogP contribution in [0, 0.1) is 12.8 Å². The maximum atomic E-state index is 12.8. The van der Waals surface area contributed by atoms with E-state index in [-0.39, 0.29) is 18.4 Å². The van der Waals surface area contributed by atoms with Crippen LogP contribution >= 0.6 is 0 Å². The number of carbonyl (C=O) groups excluding carboxylic acids is 2. The molecule has 3 rings (SSSR count). The van der Waals surface area contributed by atoms with E-state index in [0.29, 0.717) is 49.8 Å². The molecule has 1 aliphatic heterocycles. The van der Waals surface area contributed by atoms with Crippen molar-refractivity contribution < 1.29 is 19.1 Å². The van der Waals surface area contributed by atoms with Crippen molar-refractivity contribution in [3.8, 4) is 0 Å². The lowest BCUT2D eigenvalue weighted by atomic mass is 9.99. The summed E-state index contributed by atoms with van der Waals surface area (Å²) in [5.41, 5.74) is 2.82. The SMILES string of the molecule is CCn1nc(C[C@@H](C)COC(=O)c2cnc(C)nc2)c2c1C(=O)NCCCOCCC2. The first-order valence-electron chi connectivity index (χ1n) is 10.9. The van der Waals surface area contributed by atoms with Crippen LogP contribution in [0.15, 0.2) is 12.4 Å². The molecule has 9 nitrogen and oxygen atoms in total. The number of esters is 1. The molecular weight excluding hydrogens is 398 g/mol. The lowest BCUT2D eigenvalue weighted by Gasteiger charge is -2.12. The van der Waals surface area contributed by atoms with Crippen LogP contribution in [0.4, 0.5) is 0 Å². The van der Waals surface area contributed by atoms with Gasteiger partial charge in [0, 0.05) is 44.3 Å². The van der Waals surface area contributed by atoms with Gasteiger partial charge in [-0.05, 0) is 45.4 Å². The first-order chi connectivity index (χ1) is 15.0. The lowest BCUT2D eigenvalue weighted by molar-refractivity contribution is 0.0447. The van der Waals surface area contributed by atoms with E-state index in [1.54, 1.807) is 11.6 Å². The second-order valence-corrected chi connectivity index (χ2v) is 7.84. The van der Waals surface area contributed by atoms with Crippen molar-refractivity contribution in [1.82, 2.24) is 25.1 Å². The Labute approximate surface area is 182 Å². The summed E-state index contributed by atoms with van der Waals surface area (Å²) < 4.78 is 12.9. The molecule has 0 aliphatic carbocycles. The Balaban J connectivity index is 1.70. The summed E-state index contributed by atoms with van der Waals surface area (Å²) in [6.45, 7) is 8.50.